The van der Waals surface area contributed by atoms with Gasteiger partial charge in [-0.2, -0.15) is 25.3 Å². The zero-order valence-corrected chi connectivity index (χ0v) is 10.9. The van der Waals surface area contributed by atoms with Gasteiger partial charge in [-0.3, -0.25) is 13.7 Å². The molecule has 0 heterocycles. The second-order valence-electron chi connectivity index (χ2n) is 3.29. The Labute approximate surface area is 99.1 Å². The topological polar surface area (TPSA) is 163 Å². The summed E-state index contributed by atoms with van der Waals surface area (Å²) in [6.07, 6.45) is -1.35. The summed E-state index contributed by atoms with van der Waals surface area (Å²) in [7, 11) is -13.5. The molecule has 0 saturated heterocycles. The highest BCUT2D eigenvalue weighted by molar-refractivity contribution is 7.87. The van der Waals surface area contributed by atoms with Crippen LogP contribution in [0.4, 0.5) is 0 Å². The van der Waals surface area contributed by atoms with Crippen LogP contribution in [0.1, 0.15) is 12.8 Å². The van der Waals surface area contributed by atoms with E-state index in [1.165, 1.54) is 0 Å². The lowest BCUT2D eigenvalue weighted by Crippen LogP contribution is -2.26. The van der Waals surface area contributed by atoms with E-state index in [0.29, 0.717) is 0 Å². The summed E-state index contributed by atoms with van der Waals surface area (Å²) in [6, 6.07) is 0. The predicted molar refractivity (Wildman–Crippen MR) is 57.4 cm³/mol. The largest absolute Gasteiger partial charge is 0.286 e. The molecule has 17 heavy (non-hydrogen) atoms. The normalized spacial score (nSPS) is 14.1. The van der Waals surface area contributed by atoms with Crippen LogP contribution in [0.2, 0.25) is 0 Å². The molecule has 0 aliphatic rings. The lowest BCUT2D eigenvalue weighted by atomic mass is 10.3. The highest BCUT2D eigenvalue weighted by Gasteiger charge is 2.26. The third-order valence-electron chi connectivity index (χ3n) is 1.82. The molecule has 0 aromatic heterocycles. The van der Waals surface area contributed by atoms with E-state index in [0.717, 1.165) is 0 Å². The Hall–Kier alpha value is -0.270. The van der Waals surface area contributed by atoms with Gasteiger partial charge in [0.2, 0.25) is 0 Å². The number of rotatable bonds is 7. The molecule has 0 aliphatic heterocycles. The first-order chi connectivity index (χ1) is 7.31. The fourth-order valence-electron chi connectivity index (χ4n) is 1.00. The minimum absolute atomic E-state index is 0.673. The Morgan fingerprint density at radius 1 is 0.706 bits per heavy atom. The lowest BCUT2D eigenvalue weighted by molar-refractivity contribution is 0.454. The summed E-state index contributed by atoms with van der Waals surface area (Å²) >= 11 is 0. The van der Waals surface area contributed by atoms with Crippen molar-refractivity contribution in [3.63, 3.8) is 0 Å². The molecule has 0 unspecified atom stereocenters. The second-order valence-corrected chi connectivity index (χ2v) is 8.13. The summed E-state index contributed by atoms with van der Waals surface area (Å²) in [6.45, 7) is 0. The Kier molecular flexibility index (Phi) is 5.49. The fourth-order valence-corrected chi connectivity index (χ4v) is 3.30. The maximum Gasteiger partial charge on any atom is 0.267 e. The van der Waals surface area contributed by atoms with Crippen LogP contribution in [0.5, 0.6) is 0 Å². The van der Waals surface area contributed by atoms with Gasteiger partial charge in [-0.15, -0.1) is 0 Å². The number of hydrogen-bond donors (Lipinski definition) is 3. The van der Waals surface area contributed by atoms with Crippen molar-refractivity contribution in [2.24, 2.45) is 0 Å². The summed E-state index contributed by atoms with van der Waals surface area (Å²) < 4.78 is 88.5. The Morgan fingerprint density at radius 2 is 1.00 bits per heavy atom. The summed E-state index contributed by atoms with van der Waals surface area (Å²) in [4.78, 5) is 0. The molecule has 0 rings (SSSR count). The van der Waals surface area contributed by atoms with E-state index in [1.807, 2.05) is 0 Å². The number of hydrogen-bond acceptors (Lipinski definition) is 6. The van der Waals surface area contributed by atoms with Crippen molar-refractivity contribution >= 4 is 30.4 Å². The SMILES string of the molecule is O=S(=O)(O)CCC(CCS(=O)(=O)O)S(=O)(=O)O. The molecule has 9 nitrogen and oxygen atoms in total. The van der Waals surface area contributed by atoms with Gasteiger partial charge in [0.05, 0.1) is 16.8 Å². The van der Waals surface area contributed by atoms with E-state index in [9.17, 15) is 25.3 Å². The van der Waals surface area contributed by atoms with Crippen LogP contribution >= 0.6 is 0 Å². The molecule has 0 fully saturated rings. The van der Waals surface area contributed by atoms with Crippen LogP contribution in [0.3, 0.4) is 0 Å². The van der Waals surface area contributed by atoms with Gasteiger partial charge in [0.15, 0.2) is 0 Å². The molecule has 0 atom stereocenters. The van der Waals surface area contributed by atoms with Gasteiger partial charge in [0, 0.05) is 0 Å². The maximum absolute atomic E-state index is 10.8. The molecule has 0 bridgehead atoms. The van der Waals surface area contributed by atoms with Crippen molar-refractivity contribution in [2.75, 3.05) is 11.5 Å². The Bertz CT molecular complexity index is 503. The first-order valence-corrected chi connectivity index (χ1v) is 8.90. The lowest BCUT2D eigenvalue weighted by Gasteiger charge is -2.11. The van der Waals surface area contributed by atoms with E-state index in [-0.39, 0.29) is 0 Å². The van der Waals surface area contributed by atoms with Gasteiger partial charge in [-0.25, -0.2) is 0 Å². The van der Waals surface area contributed by atoms with E-state index in [2.05, 4.69) is 0 Å². The zero-order valence-electron chi connectivity index (χ0n) is 8.42. The molecule has 104 valence electrons. The van der Waals surface area contributed by atoms with Crippen LogP contribution in [0.25, 0.3) is 0 Å². The van der Waals surface area contributed by atoms with E-state index >= 15 is 0 Å². The van der Waals surface area contributed by atoms with Crippen molar-refractivity contribution < 1.29 is 38.9 Å². The highest BCUT2D eigenvalue weighted by atomic mass is 32.2. The maximum atomic E-state index is 10.8. The van der Waals surface area contributed by atoms with Crippen LogP contribution in [0.15, 0.2) is 0 Å². The summed E-state index contributed by atoms with van der Waals surface area (Å²) in [5.74, 6) is -1.88. The van der Waals surface area contributed by atoms with E-state index in [1.54, 1.807) is 0 Å². The van der Waals surface area contributed by atoms with E-state index in [4.69, 9.17) is 13.7 Å². The van der Waals surface area contributed by atoms with Crippen molar-refractivity contribution in [3.05, 3.63) is 0 Å². The average molecular weight is 312 g/mol. The van der Waals surface area contributed by atoms with Gasteiger partial charge in [-0.1, -0.05) is 0 Å². The molecule has 0 aliphatic carbocycles. The van der Waals surface area contributed by atoms with Crippen LogP contribution in [-0.4, -0.2) is 55.7 Å². The van der Waals surface area contributed by atoms with Gasteiger partial charge < -0.3 is 0 Å². The first kappa shape index (κ1) is 16.7. The molecule has 0 aromatic carbocycles. The van der Waals surface area contributed by atoms with Crippen LogP contribution in [-0.2, 0) is 30.4 Å². The quantitative estimate of drug-likeness (QED) is 0.490. The van der Waals surface area contributed by atoms with Crippen molar-refractivity contribution in [1.82, 2.24) is 0 Å². The molecular weight excluding hydrogens is 300 g/mol. The smallest absolute Gasteiger partial charge is 0.267 e. The Morgan fingerprint density at radius 3 is 1.18 bits per heavy atom. The predicted octanol–water partition coefficient (Wildman–Crippen LogP) is -1.20. The van der Waals surface area contributed by atoms with Crippen molar-refractivity contribution in [1.29, 1.82) is 0 Å². The van der Waals surface area contributed by atoms with Gasteiger partial charge in [0.25, 0.3) is 30.4 Å². The zero-order chi connectivity index (χ0) is 13.9. The minimum Gasteiger partial charge on any atom is -0.286 e. The van der Waals surface area contributed by atoms with Crippen molar-refractivity contribution in [2.45, 2.75) is 18.1 Å². The minimum atomic E-state index is -4.66. The monoisotopic (exact) mass is 312 g/mol. The molecule has 0 aromatic rings. The third-order valence-corrected chi connectivity index (χ3v) is 4.63. The van der Waals surface area contributed by atoms with Gasteiger partial charge in [-0.05, 0) is 12.8 Å². The molecule has 0 saturated carbocycles. The fraction of sp³-hybridized carbons (Fsp3) is 1.00. The van der Waals surface area contributed by atoms with Gasteiger partial charge >= 0.3 is 0 Å². The molecule has 3 N–H and O–H groups in total. The van der Waals surface area contributed by atoms with Crippen LogP contribution in [0, 0.1) is 0 Å². The summed E-state index contributed by atoms with van der Waals surface area (Å²) in [5, 5.41) is -1.69. The van der Waals surface area contributed by atoms with Crippen molar-refractivity contribution in [3.8, 4) is 0 Å². The molecule has 12 heteroatoms. The van der Waals surface area contributed by atoms with E-state index < -0.39 is 60.0 Å². The summed E-state index contributed by atoms with van der Waals surface area (Å²) in [5.41, 5.74) is 0. The molecule has 0 amide bonds. The first-order valence-electron chi connectivity index (χ1n) is 4.18. The highest BCUT2D eigenvalue weighted by Crippen LogP contribution is 2.11. The average Bonchev–Trinajstić information content (AvgIpc) is 1.96. The van der Waals surface area contributed by atoms with Gasteiger partial charge in [0.1, 0.15) is 0 Å². The second kappa shape index (κ2) is 5.58. The van der Waals surface area contributed by atoms with Crippen LogP contribution < -0.4 is 0 Å². The standard InChI is InChI=1S/C5H12O9S3/c6-15(7,8)3-1-5(17(12,13)14)2-4-16(9,10)11/h5H,1-4H2,(H,6,7,8)(H,9,10,11)(H,12,13,14). The molecule has 0 radical (unpaired) electrons. The molecular formula is C5H12O9S3. The Balaban J connectivity index is 4.70. The molecule has 0 spiro atoms. The third kappa shape index (κ3) is 9.43.